The number of esters is 1. The van der Waals surface area contributed by atoms with Crippen LogP contribution in [-0.4, -0.2) is 25.2 Å². The van der Waals surface area contributed by atoms with Crippen molar-refractivity contribution in [3.05, 3.63) is 24.3 Å². The summed E-state index contributed by atoms with van der Waals surface area (Å²) in [5.74, 6) is -1.06. The third-order valence-corrected chi connectivity index (χ3v) is 1.16. The summed E-state index contributed by atoms with van der Waals surface area (Å²) in [5.41, 5.74) is 0. The third-order valence-electron chi connectivity index (χ3n) is 1.16. The van der Waals surface area contributed by atoms with E-state index in [9.17, 15) is 9.59 Å². The molecule has 0 N–H and O–H groups in total. The quantitative estimate of drug-likeness (QED) is 0.218. The Hall–Kier alpha value is -1.62. The highest BCUT2D eigenvalue weighted by atomic mass is 17.2. The van der Waals surface area contributed by atoms with Crippen LogP contribution in [0.15, 0.2) is 24.3 Å². The maximum absolute atomic E-state index is 10.8. The minimum Gasteiger partial charge on any atom is -0.460 e. The average Bonchev–Trinajstić information content (AvgIpc) is 2.18. The van der Waals surface area contributed by atoms with Gasteiger partial charge in [-0.05, 0) is 13.8 Å². The Morgan fingerprint density at radius 1 is 1.00 bits per heavy atom. The van der Waals surface area contributed by atoms with E-state index in [1.807, 2.05) is 0 Å². The molecule has 0 saturated heterocycles. The van der Waals surface area contributed by atoms with Crippen LogP contribution >= 0.6 is 0 Å². The van der Waals surface area contributed by atoms with Crippen LogP contribution in [0.5, 0.6) is 0 Å². The van der Waals surface area contributed by atoms with Crippen molar-refractivity contribution in [2.75, 3.05) is 13.2 Å². The molecule has 0 bridgehead atoms. The van der Waals surface area contributed by atoms with Crippen molar-refractivity contribution in [2.45, 2.75) is 13.8 Å². The Kier molecular flexibility index (Phi) is 7.99. The molecule has 0 heterocycles. The number of allylic oxidation sites excluding steroid dienone is 2. The lowest BCUT2D eigenvalue weighted by Crippen LogP contribution is -2.10. The highest BCUT2D eigenvalue weighted by Crippen LogP contribution is 1.86. The SMILES string of the molecule is CC=CC(=O)OCCOOC(=O)C=CC. The third kappa shape index (κ3) is 8.70. The number of ether oxygens (including phenoxy) is 1. The summed E-state index contributed by atoms with van der Waals surface area (Å²) in [6.07, 6.45) is 5.59. The van der Waals surface area contributed by atoms with E-state index in [1.165, 1.54) is 18.2 Å². The fourth-order valence-electron chi connectivity index (χ4n) is 0.624. The first-order valence-electron chi connectivity index (χ1n) is 4.46. The van der Waals surface area contributed by atoms with Crippen LogP contribution in [0.3, 0.4) is 0 Å². The van der Waals surface area contributed by atoms with E-state index >= 15 is 0 Å². The van der Waals surface area contributed by atoms with Gasteiger partial charge in [0.15, 0.2) is 0 Å². The summed E-state index contributed by atoms with van der Waals surface area (Å²) >= 11 is 0. The molecule has 84 valence electrons. The van der Waals surface area contributed by atoms with Crippen LogP contribution in [0.25, 0.3) is 0 Å². The van der Waals surface area contributed by atoms with Gasteiger partial charge in [0.1, 0.15) is 13.2 Å². The lowest BCUT2D eigenvalue weighted by molar-refractivity contribution is -0.270. The molecule has 0 unspecified atom stereocenters. The summed E-state index contributed by atoms with van der Waals surface area (Å²) in [5, 5.41) is 0. The Balaban J connectivity index is 3.40. The lowest BCUT2D eigenvalue weighted by Gasteiger charge is -2.01. The Labute approximate surface area is 88.2 Å². The predicted octanol–water partition coefficient (Wildman–Crippen LogP) is 1.16. The normalized spacial score (nSPS) is 10.8. The molecule has 15 heavy (non-hydrogen) atoms. The van der Waals surface area contributed by atoms with Crippen molar-refractivity contribution in [3.63, 3.8) is 0 Å². The summed E-state index contributed by atoms with van der Waals surface area (Å²) in [6.45, 7) is 3.43. The van der Waals surface area contributed by atoms with Crippen molar-refractivity contribution in [3.8, 4) is 0 Å². The average molecular weight is 214 g/mol. The topological polar surface area (TPSA) is 61.8 Å². The van der Waals surface area contributed by atoms with Gasteiger partial charge in [-0.2, -0.15) is 4.89 Å². The van der Waals surface area contributed by atoms with Crippen LogP contribution in [0, 0.1) is 0 Å². The summed E-state index contributed by atoms with van der Waals surface area (Å²) in [4.78, 5) is 30.2. The highest BCUT2D eigenvalue weighted by molar-refractivity contribution is 5.81. The molecule has 0 fully saturated rings. The molecule has 0 aromatic rings. The molecule has 0 saturated carbocycles. The van der Waals surface area contributed by atoms with E-state index in [2.05, 4.69) is 14.5 Å². The van der Waals surface area contributed by atoms with Gasteiger partial charge in [-0.1, -0.05) is 12.2 Å². The van der Waals surface area contributed by atoms with Crippen molar-refractivity contribution in [1.82, 2.24) is 0 Å². The molecular formula is C10H14O5. The van der Waals surface area contributed by atoms with Gasteiger partial charge < -0.3 is 4.74 Å². The molecule has 0 aliphatic heterocycles. The molecule has 0 rings (SSSR count). The van der Waals surface area contributed by atoms with Gasteiger partial charge in [0.2, 0.25) is 0 Å². The van der Waals surface area contributed by atoms with Crippen LogP contribution in [-0.2, 0) is 24.1 Å². The van der Waals surface area contributed by atoms with Crippen molar-refractivity contribution >= 4 is 11.9 Å². The molecule has 0 aliphatic rings. The lowest BCUT2D eigenvalue weighted by atomic mass is 10.5. The minimum absolute atomic E-state index is 0.00654. The van der Waals surface area contributed by atoms with Gasteiger partial charge >= 0.3 is 11.9 Å². The van der Waals surface area contributed by atoms with Gasteiger partial charge in [0.05, 0.1) is 0 Å². The first-order valence-corrected chi connectivity index (χ1v) is 4.46. The summed E-state index contributed by atoms with van der Waals surface area (Å²) in [7, 11) is 0. The zero-order chi connectivity index (χ0) is 11.5. The van der Waals surface area contributed by atoms with Crippen LogP contribution in [0.4, 0.5) is 0 Å². The minimum atomic E-state index is -0.600. The Bertz CT molecular complexity index is 229. The van der Waals surface area contributed by atoms with Crippen molar-refractivity contribution in [2.24, 2.45) is 0 Å². The molecule has 0 atom stereocenters. The van der Waals surface area contributed by atoms with Crippen LogP contribution < -0.4 is 0 Å². The molecule has 0 aromatic carbocycles. The van der Waals surface area contributed by atoms with E-state index in [-0.39, 0.29) is 13.2 Å². The first kappa shape index (κ1) is 13.4. The van der Waals surface area contributed by atoms with Gasteiger partial charge in [0, 0.05) is 12.2 Å². The van der Waals surface area contributed by atoms with Crippen molar-refractivity contribution in [1.29, 1.82) is 0 Å². The molecule has 0 amide bonds. The van der Waals surface area contributed by atoms with E-state index in [0.29, 0.717) is 0 Å². The van der Waals surface area contributed by atoms with E-state index in [0.717, 1.165) is 0 Å². The fourth-order valence-corrected chi connectivity index (χ4v) is 0.624. The predicted molar refractivity (Wildman–Crippen MR) is 52.6 cm³/mol. The van der Waals surface area contributed by atoms with Gasteiger partial charge in [-0.25, -0.2) is 9.59 Å². The zero-order valence-corrected chi connectivity index (χ0v) is 8.76. The molecule has 0 aromatic heterocycles. The zero-order valence-electron chi connectivity index (χ0n) is 8.76. The Morgan fingerprint density at radius 3 is 2.20 bits per heavy atom. The molecule has 0 radical (unpaired) electrons. The Morgan fingerprint density at radius 2 is 1.60 bits per heavy atom. The van der Waals surface area contributed by atoms with E-state index in [1.54, 1.807) is 19.9 Å². The first-order chi connectivity index (χ1) is 7.20. The monoisotopic (exact) mass is 214 g/mol. The van der Waals surface area contributed by atoms with Crippen molar-refractivity contribution < 1.29 is 24.1 Å². The number of carbonyl (C=O) groups excluding carboxylic acids is 2. The maximum Gasteiger partial charge on any atom is 0.365 e. The standard InChI is InChI=1S/C10H14O5/c1-3-5-9(11)13-7-8-14-15-10(12)6-4-2/h3-6H,7-8H2,1-2H3. The summed E-state index contributed by atoms with van der Waals surface area (Å²) in [6, 6.07) is 0. The maximum atomic E-state index is 10.8. The largest absolute Gasteiger partial charge is 0.460 e. The number of hydrogen-bond acceptors (Lipinski definition) is 5. The second kappa shape index (κ2) is 8.96. The smallest absolute Gasteiger partial charge is 0.365 e. The molecule has 0 aliphatic carbocycles. The molecule has 0 spiro atoms. The second-order valence-electron chi connectivity index (χ2n) is 2.39. The number of hydrogen-bond donors (Lipinski definition) is 0. The fraction of sp³-hybridized carbons (Fsp3) is 0.400. The molecule has 5 nitrogen and oxygen atoms in total. The number of carbonyl (C=O) groups is 2. The van der Waals surface area contributed by atoms with Crippen LogP contribution in [0.1, 0.15) is 13.8 Å². The van der Waals surface area contributed by atoms with Gasteiger partial charge in [-0.3, -0.25) is 4.89 Å². The van der Waals surface area contributed by atoms with E-state index in [4.69, 9.17) is 0 Å². The number of rotatable bonds is 6. The van der Waals surface area contributed by atoms with Gasteiger partial charge in [-0.15, -0.1) is 0 Å². The summed E-state index contributed by atoms with van der Waals surface area (Å²) < 4.78 is 4.66. The molecular weight excluding hydrogens is 200 g/mol. The van der Waals surface area contributed by atoms with Gasteiger partial charge in [0.25, 0.3) is 0 Å². The van der Waals surface area contributed by atoms with E-state index < -0.39 is 11.9 Å². The van der Waals surface area contributed by atoms with Crippen LogP contribution in [0.2, 0.25) is 0 Å². The second-order valence-corrected chi connectivity index (χ2v) is 2.39. The highest BCUT2D eigenvalue weighted by Gasteiger charge is 1.99. The molecule has 5 heteroatoms.